The molecule has 0 aliphatic carbocycles. The second-order valence-corrected chi connectivity index (χ2v) is 5.13. The molecule has 0 atom stereocenters. The lowest BCUT2D eigenvalue weighted by Gasteiger charge is -1.93. The smallest absolute Gasteiger partial charge is 0.159 e. The van der Waals surface area contributed by atoms with Crippen molar-refractivity contribution in [1.29, 1.82) is 0 Å². The molecule has 0 heterocycles. The van der Waals surface area contributed by atoms with Gasteiger partial charge < -0.3 is 0 Å². The number of hydrogen-bond donors (Lipinski definition) is 0. The van der Waals surface area contributed by atoms with E-state index in [4.69, 9.17) is 0 Å². The van der Waals surface area contributed by atoms with Gasteiger partial charge >= 0.3 is 0 Å². The van der Waals surface area contributed by atoms with Crippen LogP contribution in [0.4, 0.5) is 0 Å². The fourth-order valence-corrected chi connectivity index (χ4v) is 1.59. The van der Waals surface area contributed by atoms with Crippen LogP contribution in [-0.4, -0.2) is 5.78 Å². The van der Waals surface area contributed by atoms with Crippen LogP contribution in [-0.2, 0) is 0 Å². The van der Waals surface area contributed by atoms with Gasteiger partial charge in [-0.2, -0.15) is 0 Å². The minimum atomic E-state index is 0. The summed E-state index contributed by atoms with van der Waals surface area (Å²) in [5.74, 6) is 0.125. The Morgan fingerprint density at radius 1 is 0.857 bits per heavy atom. The number of Topliss-reactive ketones (excluding diaryl/α,β-unsaturated/α-hetero) is 1. The number of carbonyl (C=O) groups is 1. The number of rotatable bonds is 1. The molecule has 2 heteroatoms. The lowest BCUT2D eigenvalue weighted by atomic mass is 10.1. The number of hydrogen-bond acceptors (Lipinski definition) is 1. The van der Waals surface area contributed by atoms with Crippen LogP contribution < -0.4 is 0 Å². The number of ketones is 1. The van der Waals surface area contributed by atoms with Gasteiger partial charge in [0.1, 0.15) is 0 Å². The minimum absolute atomic E-state index is 0. The number of benzene rings is 2. The van der Waals surface area contributed by atoms with Gasteiger partial charge in [0.25, 0.3) is 0 Å². The normalized spacial score (nSPS) is 8.19. The van der Waals surface area contributed by atoms with Crippen molar-refractivity contribution in [3.8, 4) is 0 Å². The summed E-state index contributed by atoms with van der Waals surface area (Å²) in [6.45, 7) is 11.7. The Morgan fingerprint density at radius 3 is 1.48 bits per heavy atom. The molecule has 1 nitrogen and oxygen atoms in total. The van der Waals surface area contributed by atoms with Crippen molar-refractivity contribution >= 4 is 21.7 Å². The van der Waals surface area contributed by atoms with Gasteiger partial charge in [0.05, 0.1) is 0 Å². The van der Waals surface area contributed by atoms with E-state index in [0.29, 0.717) is 0 Å². The summed E-state index contributed by atoms with van der Waals surface area (Å²) in [7, 11) is 0. The molecule has 2 rings (SSSR count). The van der Waals surface area contributed by atoms with E-state index in [9.17, 15) is 4.79 Å². The molecular formula is C19H25BrO. The van der Waals surface area contributed by atoms with Crippen LogP contribution in [0.15, 0.2) is 66.2 Å². The summed E-state index contributed by atoms with van der Waals surface area (Å²) in [6.07, 6.45) is 0. The number of aryl methyl sites for hydroxylation is 2. The molecule has 0 unspecified atom stereocenters. The third-order valence-corrected chi connectivity index (χ3v) is 3.00. The second-order valence-electron chi connectivity index (χ2n) is 4.22. The van der Waals surface area contributed by atoms with E-state index in [0.717, 1.165) is 10.0 Å². The highest BCUT2D eigenvalue weighted by atomic mass is 79.9. The van der Waals surface area contributed by atoms with Gasteiger partial charge in [-0.1, -0.05) is 70.9 Å². The van der Waals surface area contributed by atoms with E-state index < -0.39 is 0 Å². The van der Waals surface area contributed by atoms with E-state index in [1.807, 2.05) is 43.3 Å². The summed E-state index contributed by atoms with van der Waals surface area (Å²) in [5, 5.41) is 0. The van der Waals surface area contributed by atoms with E-state index in [-0.39, 0.29) is 13.2 Å². The van der Waals surface area contributed by atoms with Gasteiger partial charge in [0, 0.05) is 10.0 Å². The standard InChI is InChI=1S/C9H10O.C7H7Br.C2H4.CH4/c1-7-3-5-9(6-4-7)8(2)10;1-6-2-4-7(8)5-3-6;1-2;/h3-6H,1-2H3;2-5H,1H3;1-2H2;1H4. The molecule has 0 aliphatic heterocycles. The molecule has 0 saturated heterocycles. The monoisotopic (exact) mass is 348 g/mol. The predicted molar refractivity (Wildman–Crippen MR) is 98.0 cm³/mol. The maximum Gasteiger partial charge on any atom is 0.159 e. The quantitative estimate of drug-likeness (QED) is 0.430. The lowest BCUT2D eigenvalue weighted by Crippen LogP contribution is -1.90. The van der Waals surface area contributed by atoms with Crippen molar-refractivity contribution < 1.29 is 4.79 Å². The third kappa shape index (κ3) is 9.80. The van der Waals surface area contributed by atoms with Gasteiger partial charge in [-0.05, 0) is 32.9 Å². The maximum absolute atomic E-state index is 10.8. The first-order valence-electron chi connectivity index (χ1n) is 6.29. The summed E-state index contributed by atoms with van der Waals surface area (Å²) in [5.41, 5.74) is 3.27. The third-order valence-electron chi connectivity index (χ3n) is 2.47. The Hall–Kier alpha value is -1.67. The Kier molecular flexibility index (Phi) is 12.5. The summed E-state index contributed by atoms with van der Waals surface area (Å²) >= 11 is 3.35. The molecule has 0 fully saturated rings. The molecule has 21 heavy (non-hydrogen) atoms. The molecule has 0 spiro atoms. The maximum atomic E-state index is 10.8. The molecule has 0 aliphatic rings. The zero-order valence-electron chi connectivity index (χ0n) is 12.3. The van der Waals surface area contributed by atoms with Crippen LogP contribution in [0.5, 0.6) is 0 Å². The Bertz CT molecular complexity index is 491. The average molecular weight is 349 g/mol. The fraction of sp³-hybridized carbons (Fsp3) is 0.211. The summed E-state index contributed by atoms with van der Waals surface area (Å²) < 4.78 is 1.14. The van der Waals surface area contributed by atoms with Crippen molar-refractivity contribution in [2.24, 2.45) is 0 Å². The van der Waals surface area contributed by atoms with Crippen LogP contribution >= 0.6 is 15.9 Å². The Balaban J connectivity index is 0. The van der Waals surface area contributed by atoms with Crippen LogP contribution in [0.25, 0.3) is 0 Å². The molecule has 0 radical (unpaired) electrons. The number of halogens is 1. The topological polar surface area (TPSA) is 17.1 Å². The summed E-state index contributed by atoms with van der Waals surface area (Å²) in [4.78, 5) is 10.8. The largest absolute Gasteiger partial charge is 0.295 e. The van der Waals surface area contributed by atoms with Gasteiger partial charge in [-0.25, -0.2) is 0 Å². The van der Waals surface area contributed by atoms with E-state index >= 15 is 0 Å². The highest BCUT2D eigenvalue weighted by molar-refractivity contribution is 9.10. The highest BCUT2D eigenvalue weighted by Crippen LogP contribution is 2.08. The first-order valence-corrected chi connectivity index (χ1v) is 7.08. The zero-order chi connectivity index (χ0) is 15.5. The zero-order valence-corrected chi connectivity index (χ0v) is 13.9. The van der Waals surface area contributed by atoms with Crippen LogP contribution in [0, 0.1) is 13.8 Å². The molecule has 0 amide bonds. The lowest BCUT2D eigenvalue weighted by molar-refractivity contribution is 0.101. The molecule has 114 valence electrons. The van der Waals surface area contributed by atoms with Crippen molar-refractivity contribution in [3.05, 3.63) is 82.9 Å². The SMILES string of the molecule is C.C=C.CC(=O)c1ccc(C)cc1.Cc1ccc(Br)cc1. The first-order chi connectivity index (χ1) is 9.49. The molecule has 2 aromatic carbocycles. The molecule has 0 N–H and O–H groups in total. The molecular weight excluding hydrogens is 324 g/mol. The van der Waals surface area contributed by atoms with E-state index in [1.54, 1.807) is 6.92 Å². The van der Waals surface area contributed by atoms with Crippen LogP contribution in [0.1, 0.15) is 35.8 Å². The molecule has 0 bridgehead atoms. The first kappa shape index (κ1) is 21.6. The highest BCUT2D eigenvalue weighted by Gasteiger charge is 1.95. The fourth-order valence-electron chi connectivity index (χ4n) is 1.32. The van der Waals surface area contributed by atoms with Gasteiger partial charge in [0.2, 0.25) is 0 Å². The molecule has 2 aromatic rings. The molecule has 0 aromatic heterocycles. The van der Waals surface area contributed by atoms with Gasteiger partial charge in [-0.3, -0.25) is 4.79 Å². The minimum Gasteiger partial charge on any atom is -0.295 e. The van der Waals surface area contributed by atoms with Crippen molar-refractivity contribution in [2.75, 3.05) is 0 Å². The Labute approximate surface area is 137 Å². The second kappa shape index (κ2) is 12.1. The van der Waals surface area contributed by atoms with Gasteiger partial charge in [0.15, 0.2) is 5.78 Å². The average Bonchev–Trinajstić information content (AvgIpc) is 2.45. The van der Waals surface area contributed by atoms with Crippen molar-refractivity contribution in [1.82, 2.24) is 0 Å². The van der Waals surface area contributed by atoms with Gasteiger partial charge in [-0.15, -0.1) is 13.2 Å². The van der Waals surface area contributed by atoms with E-state index in [1.165, 1.54) is 11.1 Å². The van der Waals surface area contributed by atoms with E-state index in [2.05, 4.69) is 48.1 Å². The number of carbonyl (C=O) groups excluding carboxylic acids is 1. The van der Waals surface area contributed by atoms with Crippen molar-refractivity contribution in [3.63, 3.8) is 0 Å². The van der Waals surface area contributed by atoms with Crippen LogP contribution in [0.2, 0.25) is 0 Å². The predicted octanol–water partition coefficient (Wildman–Crippen LogP) is 6.39. The Morgan fingerprint density at radius 2 is 1.19 bits per heavy atom. The van der Waals surface area contributed by atoms with Crippen LogP contribution in [0.3, 0.4) is 0 Å². The molecule has 0 saturated carbocycles. The summed E-state index contributed by atoms with van der Waals surface area (Å²) in [6, 6.07) is 15.8. The van der Waals surface area contributed by atoms with Crippen molar-refractivity contribution in [2.45, 2.75) is 28.2 Å².